The molecule has 4 nitrogen and oxygen atoms in total. The summed E-state index contributed by atoms with van der Waals surface area (Å²) in [6, 6.07) is 0. The average Bonchev–Trinajstić information content (AvgIpc) is 2.53. The van der Waals surface area contributed by atoms with Gasteiger partial charge in [0.25, 0.3) is 0 Å². The maximum absolute atomic E-state index is 11.7. The molecule has 1 rings (SSSR count). The number of rotatable bonds is 4. The summed E-state index contributed by atoms with van der Waals surface area (Å²) in [7, 11) is 0. The third-order valence-electron chi connectivity index (χ3n) is 2.81. The predicted molar refractivity (Wildman–Crippen MR) is 62.4 cm³/mol. The van der Waals surface area contributed by atoms with Crippen LogP contribution in [-0.2, 0) is 16.1 Å². The minimum atomic E-state index is -0.236. The van der Waals surface area contributed by atoms with Gasteiger partial charge in [-0.25, -0.2) is 0 Å². The van der Waals surface area contributed by atoms with Crippen molar-refractivity contribution in [3.63, 3.8) is 0 Å². The number of hydrogen-bond acceptors (Lipinski definition) is 3. The molecule has 0 aliphatic carbocycles. The molecule has 0 bridgehead atoms. The Labute approximate surface area is 96.6 Å². The number of aryl methyl sites for hydroxylation is 2. The quantitative estimate of drug-likeness (QED) is 0.736. The minimum absolute atomic E-state index is 0.177. The summed E-state index contributed by atoms with van der Waals surface area (Å²) in [5.41, 5.74) is 2.97. The van der Waals surface area contributed by atoms with E-state index in [2.05, 4.69) is 5.10 Å². The highest BCUT2D eigenvalue weighted by Crippen LogP contribution is 2.24. The predicted octanol–water partition coefficient (Wildman–Crippen LogP) is 2.19. The number of aromatic nitrogens is 2. The van der Waals surface area contributed by atoms with Crippen LogP contribution in [-0.4, -0.2) is 22.4 Å². The Bertz CT molecular complexity index is 383. The van der Waals surface area contributed by atoms with Crippen LogP contribution in [0.25, 0.3) is 0 Å². The van der Waals surface area contributed by atoms with E-state index < -0.39 is 0 Å². The molecule has 0 radical (unpaired) electrons. The van der Waals surface area contributed by atoms with Crippen LogP contribution in [0.2, 0.25) is 0 Å². The highest BCUT2D eigenvalue weighted by molar-refractivity contribution is 5.78. The Morgan fingerprint density at radius 2 is 2.06 bits per heavy atom. The van der Waals surface area contributed by atoms with Crippen molar-refractivity contribution in [2.75, 3.05) is 6.61 Å². The second-order valence-electron chi connectivity index (χ2n) is 3.87. The van der Waals surface area contributed by atoms with Gasteiger partial charge in [0.15, 0.2) is 0 Å². The Balaban J connectivity index is 3.03. The fourth-order valence-corrected chi connectivity index (χ4v) is 2.03. The molecule has 0 saturated carbocycles. The molecule has 0 N–H and O–H groups in total. The Hall–Kier alpha value is -1.32. The van der Waals surface area contributed by atoms with Gasteiger partial charge in [0, 0.05) is 17.8 Å². The maximum atomic E-state index is 11.7. The van der Waals surface area contributed by atoms with Crippen LogP contribution in [0.1, 0.15) is 43.6 Å². The lowest BCUT2D eigenvalue weighted by atomic mass is 9.99. The first-order valence-electron chi connectivity index (χ1n) is 5.73. The van der Waals surface area contributed by atoms with E-state index in [9.17, 15) is 4.79 Å². The minimum Gasteiger partial charge on any atom is -0.466 e. The van der Waals surface area contributed by atoms with Gasteiger partial charge < -0.3 is 4.74 Å². The molecule has 0 saturated heterocycles. The zero-order chi connectivity index (χ0) is 12.3. The standard InChI is InChI=1S/C12H20N2O2/c1-6-14-10(5)11(9(4)13-14)8(3)12(15)16-7-2/h8H,6-7H2,1-5H3. The number of carbonyl (C=O) groups is 1. The van der Waals surface area contributed by atoms with Gasteiger partial charge in [-0.2, -0.15) is 5.10 Å². The van der Waals surface area contributed by atoms with E-state index in [1.54, 1.807) is 0 Å². The molecule has 1 aromatic rings. The zero-order valence-electron chi connectivity index (χ0n) is 10.7. The second-order valence-corrected chi connectivity index (χ2v) is 3.87. The highest BCUT2D eigenvalue weighted by Gasteiger charge is 2.23. The van der Waals surface area contributed by atoms with Gasteiger partial charge in [-0.1, -0.05) is 0 Å². The van der Waals surface area contributed by atoms with Crippen LogP contribution in [0.3, 0.4) is 0 Å². The van der Waals surface area contributed by atoms with Crippen LogP contribution in [0, 0.1) is 13.8 Å². The van der Waals surface area contributed by atoms with Gasteiger partial charge in [-0.3, -0.25) is 9.48 Å². The third kappa shape index (κ3) is 2.26. The molecular weight excluding hydrogens is 204 g/mol. The number of ether oxygens (including phenoxy) is 1. The van der Waals surface area contributed by atoms with E-state index in [0.29, 0.717) is 6.61 Å². The summed E-state index contributed by atoms with van der Waals surface area (Å²) in [5.74, 6) is -0.412. The van der Waals surface area contributed by atoms with Gasteiger partial charge in [-0.05, 0) is 34.6 Å². The van der Waals surface area contributed by atoms with Crippen molar-refractivity contribution in [2.45, 2.75) is 47.1 Å². The van der Waals surface area contributed by atoms with Gasteiger partial charge >= 0.3 is 5.97 Å². The van der Waals surface area contributed by atoms with E-state index in [1.165, 1.54) is 0 Å². The maximum Gasteiger partial charge on any atom is 0.313 e. The molecule has 1 heterocycles. The Morgan fingerprint density at radius 3 is 2.50 bits per heavy atom. The molecule has 16 heavy (non-hydrogen) atoms. The van der Waals surface area contributed by atoms with Crippen molar-refractivity contribution in [3.8, 4) is 0 Å². The lowest BCUT2D eigenvalue weighted by molar-refractivity contribution is -0.144. The number of hydrogen-bond donors (Lipinski definition) is 0. The molecule has 0 aromatic carbocycles. The van der Waals surface area contributed by atoms with E-state index in [4.69, 9.17) is 4.74 Å². The Morgan fingerprint density at radius 1 is 1.44 bits per heavy atom. The zero-order valence-corrected chi connectivity index (χ0v) is 10.7. The fraction of sp³-hybridized carbons (Fsp3) is 0.667. The highest BCUT2D eigenvalue weighted by atomic mass is 16.5. The first-order chi connectivity index (χ1) is 7.52. The molecule has 1 aromatic heterocycles. The first-order valence-corrected chi connectivity index (χ1v) is 5.73. The van der Waals surface area contributed by atoms with Crippen LogP contribution < -0.4 is 0 Å². The van der Waals surface area contributed by atoms with E-state index in [0.717, 1.165) is 23.5 Å². The summed E-state index contributed by atoms with van der Waals surface area (Å²) in [4.78, 5) is 11.7. The van der Waals surface area contributed by atoms with E-state index in [-0.39, 0.29) is 11.9 Å². The Kier molecular flexibility index (Phi) is 4.10. The molecule has 1 unspecified atom stereocenters. The van der Waals surface area contributed by atoms with Gasteiger partial charge in [0.1, 0.15) is 0 Å². The third-order valence-corrected chi connectivity index (χ3v) is 2.81. The fourth-order valence-electron chi connectivity index (χ4n) is 2.03. The van der Waals surface area contributed by atoms with Crippen LogP contribution >= 0.6 is 0 Å². The van der Waals surface area contributed by atoms with Crippen molar-refractivity contribution in [3.05, 3.63) is 17.0 Å². The summed E-state index contributed by atoms with van der Waals surface area (Å²) < 4.78 is 6.95. The lowest BCUT2D eigenvalue weighted by Crippen LogP contribution is -2.14. The molecule has 0 spiro atoms. The first kappa shape index (κ1) is 12.7. The molecule has 0 amide bonds. The van der Waals surface area contributed by atoms with Crippen LogP contribution in [0.4, 0.5) is 0 Å². The van der Waals surface area contributed by atoms with Gasteiger partial charge in [0.05, 0.1) is 18.2 Å². The monoisotopic (exact) mass is 224 g/mol. The SMILES string of the molecule is CCOC(=O)C(C)c1c(C)nn(CC)c1C. The van der Waals surface area contributed by atoms with Crippen molar-refractivity contribution in [2.24, 2.45) is 0 Å². The lowest BCUT2D eigenvalue weighted by Gasteiger charge is -2.11. The summed E-state index contributed by atoms with van der Waals surface area (Å²) in [6.07, 6.45) is 0. The summed E-state index contributed by atoms with van der Waals surface area (Å²) in [5, 5.41) is 4.40. The van der Waals surface area contributed by atoms with E-state index >= 15 is 0 Å². The van der Waals surface area contributed by atoms with Gasteiger partial charge in [-0.15, -0.1) is 0 Å². The van der Waals surface area contributed by atoms with Gasteiger partial charge in [0.2, 0.25) is 0 Å². The average molecular weight is 224 g/mol. The second kappa shape index (κ2) is 5.14. The molecule has 0 aliphatic rings. The smallest absolute Gasteiger partial charge is 0.313 e. The normalized spacial score (nSPS) is 12.6. The molecule has 90 valence electrons. The molecule has 4 heteroatoms. The summed E-state index contributed by atoms with van der Waals surface area (Å²) >= 11 is 0. The van der Waals surface area contributed by atoms with Crippen LogP contribution in [0.15, 0.2) is 0 Å². The number of nitrogens with zero attached hydrogens (tertiary/aromatic N) is 2. The van der Waals surface area contributed by atoms with Crippen molar-refractivity contribution in [1.29, 1.82) is 0 Å². The topological polar surface area (TPSA) is 44.1 Å². The largest absolute Gasteiger partial charge is 0.466 e. The van der Waals surface area contributed by atoms with Crippen LogP contribution in [0.5, 0.6) is 0 Å². The van der Waals surface area contributed by atoms with Crippen molar-refractivity contribution in [1.82, 2.24) is 9.78 Å². The van der Waals surface area contributed by atoms with Crippen molar-refractivity contribution >= 4 is 5.97 Å². The molecule has 1 atom stereocenters. The number of esters is 1. The summed E-state index contributed by atoms with van der Waals surface area (Å²) in [6.45, 7) is 10.9. The van der Waals surface area contributed by atoms with E-state index in [1.807, 2.05) is 39.3 Å². The molecule has 0 fully saturated rings. The number of carbonyl (C=O) groups excluding carboxylic acids is 1. The molecular formula is C12H20N2O2. The van der Waals surface area contributed by atoms with Crippen molar-refractivity contribution < 1.29 is 9.53 Å². The molecule has 0 aliphatic heterocycles.